The highest BCUT2D eigenvalue weighted by Gasteiger charge is 2.18. The van der Waals surface area contributed by atoms with E-state index in [2.05, 4.69) is 4.98 Å². The Hall–Kier alpha value is -3.18. The first-order valence-corrected chi connectivity index (χ1v) is 8.98. The van der Waals surface area contributed by atoms with E-state index in [1.54, 1.807) is 21.3 Å². The fourth-order valence-electron chi connectivity index (χ4n) is 3.13. The maximum Gasteiger partial charge on any atom is 0.227 e. The van der Waals surface area contributed by atoms with Crippen LogP contribution in [0.2, 0.25) is 5.02 Å². The molecule has 0 atom stereocenters. The molecular weight excluding hydrogens is 378 g/mol. The van der Waals surface area contributed by atoms with Crippen molar-refractivity contribution >= 4 is 22.7 Å². The van der Waals surface area contributed by atoms with E-state index in [9.17, 15) is 0 Å². The van der Waals surface area contributed by atoms with Gasteiger partial charge in [0.25, 0.3) is 0 Å². The summed E-state index contributed by atoms with van der Waals surface area (Å²) in [7, 11) is 4.76. The average Bonchev–Trinajstić information content (AvgIpc) is 3.17. The third-order valence-electron chi connectivity index (χ3n) is 4.48. The van der Waals surface area contributed by atoms with Gasteiger partial charge in [0.2, 0.25) is 11.6 Å². The second kappa shape index (κ2) is 7.44. The quantitative estimate of drug-likeness (QED) is 0.424. The van der Waals surface area contributed by atoms with Crippen molar-refractivity contribution in [2.75, 3.05) is 21.3 Å². The molecule has 142 valence electrons. The molecule has 0 spiro atoms. The predicted molar refractivity (Wildman–Crippen MR) is 110 cm³/mol. The lowest BCUT2D eigenvalue weighted by molar-refractivity contribution is 0.324. The number of hydrogen-bond acceptors (Lipinski definition) is 5. The fourth-order valence-corrected chi connectivity index (χ4v) is 3.25. The van der Waals surface area contributed by atoms with Gasteiger partial charge in [0.15, 0.2) is 17.1 Å². The molecule has 0 saturated heterocycles. The Morgan fingerprint density at radius 3 is 2.11 bits per heavy atom. The zero-order valence-electron chi connectivity index (χ0n) is 15.7. The Morgan fingerprint density at radius 2 is 1.50 bits per heavy atom. The molecule has 1 aromatic heterocycles. The summed E-state index contributed by atoms with van der Waals surface area (Å²) in [5.74, 6) is 2.23. The van der Waals surface area contributed by atoms with Crippen LogP contribution >= 0.6 is 11.6 Å². The van der Waals surface area contributed by atoms with E-state index in [0.29, 0.717) is 33.7 Å². The molecule has 0 aliphatic heterocycles. The first-order chi connectivity index (χ1) is 13.6. The fraction of sp³-hybridized carbons (Fsp3) is 0.136. The van der Waals surface area contributed by atoms with Crippen LogP contribution in [0.3, 0.4) is 0 Å². The molecular formula is C22H18ClNO4. The smallest absolute Gasteiger partial charge is 0.227 e. The van der Waals surface area contributed by atoms with Gasteiger partial charge >= 0.3 is 0 Å². The summed E-state index contributed by atoms with van der Waals surface area (Å²) < 4.78 is 22.5. The largest absolute Gasteiger partial charge is 0.493 e. The molecule has 0 radical (unpaired) electrons. The van der Waals surface area contributed by atoms with Gasteiger partial charge in [-0.05, 0) is 48.0 Å². The molecule has 0 amide bonds. The van der Waals surface area contributed by atoms with Gasteiger partial charge in [0, 0.05) is 16.1 Å². The Balaban J connectivity index is 1.89. The summed E-state index contributed by atoms with van der Waals surface area (Å²) in [5.41, 5.74) is 4.05. The molecule has 3 aromatic carbocycles. The van der Waals surface area contributed by atoms with E-state index in [4.69, 9.17) is 30.2 Å². The van der Waals surface area contributed by atoms with E-state index >= 15 is 0 Å². The highest BCUT2D eigenvalue weighted by molar-refractivity contribution is 6.30. The summed E-state index contributed by atoms with van der Waals surface area (Å²) in [4.78, 5) is 4.62. The lowest BCUT2D eigenvalue weighted by Gasteiger charge is -2.14. The molecule has 0 fully saturated rings. The number of fused-ring (bicyclic) bond motifs is 1. The van der Waals surface area contributed by atoms with Gasteiger partial charge in [-0.2, -0.15) is 0 Å². The Labute approximate surface area is 167 Å². The van der Waals surface area contributed by atoms with Gasteiger partial charge in [-0.25, -0.2) is 4.98 Å². The number of benzene rings is 3. The highest BCUT2D eigenvalue weighted by atomic mass is 35.5. The number of hydrogen-bond donors (Lipinski definition) is 0. The van der Waals surface area contributed by atoms with Crippen molar-refractivity contribution in [1.29, 1.82) is 0 Å². The van der Waals surface area contributed by atoms with E-state index in [1.165, 1.54) is 0 Å². The second-order valence-electron chi connectivity index (χ2n) is 6.09. The second-order valence-corrected chi connectivity index (χ2v) is 6.53. The minimum absolute atomic E-state index is 0.534. The number of halogens is 1. The Morgan fingerprint density at radius 1 is 0.821 bits per heavy atom. The lowest BCUT2D eigenvalue weighted by atomic mass is 10.0. The monoisotopic (exact) mass is 395 g/mol. The average molecular weight is 396 g/mol. The minimum atomic E-state index is 0.534. The third-order valence-corrected chi connectivity index (χ3v) is 4.73. The zero-order valence-corrected chi connectivity index (χ0v) is 16.4. The van der Waals surface area contributed by atoms with Gasteiger partial charge in [-0.1, -0.05) is 23.7 Å². The van der Waals surface area contributed by atoms with Crippen molar-refractivity contribution in [2.45, 2.75) is 0 Å². The van der Waals surface area contributed by atoms with Crippen LogP contribution in [0.1, 0.15) is 0 Å². The Bertz CT molecular complexity index is 1110. The van der Waals surface area contributed by atoms with Crippen LogP contribution in [-0.4, -0.2) is 26.3 Å². The van der Waals surface area contributed by atoms with Gasteiger partial charge in [-0.3, -0.25) is 0 Å². The van der Waals surface area contributed by atoms with E-state index in [1.807, 2.05) is 54.6 Å². The van der Waals surface area contributed by atoms with Crippen molar-refractivity contribution in [2.24, 2.45) is 0 Å². The van der Waals surface area contributed by atoms with Gasteiger partial charge in [-0.15, -0.1) is 0 Å². The third kappa shape index (κ3) is 3.14. The number of aromatic nitrogens is 1. The van der Waals surface area contributed by atoms with Crippen LogP contribution in [0.15, 0.2) is 59.0 Å². The number of ether oxygens (including phenoxy) is 3. The maximum absolute atomic E-state index is 6.12. The van der Waals surface area contributed by atoms with Gasteiger partial charge in [0.1, 0.15) is 5.52 Å². The SMILES string of the molecule is COc1cc(-c2cccc3nc(-c4ccc(Cl)cc4)oc23)cc(OC)c1OC. The number of methoxy groups -OCH3 is 3. The van der Waals surface area contributed by atoms with E-state index in [-0.39, 0.29) is 0 Å². The highest BCUT2D eigenvalue weighted by Crippen LogP contribution is 2.43. The standard InChI is InChI=1S/C22H18ClNO4/c1-25-18-11-14(12-19(26-2)21(18)27-3)16-5-4-6-17-20(16)28-22(24-17)13-7-9-15(23)10-8-13/h4-12H,1-3H3. The molecule has 28 heavy (non-hydrogen) atoms. The molecule has 0 N–H and O–H groups in total. The van der Waals surface area contributed by atoms with Crippen molar-refractivity contribution in [3.63, 3.8) is 0 Å². The molecule has 0 aliphatic rings. The summed E-state index contributed by atoms with van der Waals surface area (Å²) in [6.45, 7) is 0. The number of oxazole rings is 1. The van der Waals surface area contributed by atoms with Crippen LogP contribution in [0, 0.1) is 0 Å². The van der Waals surface area contributed by atoms with Crippen molar-refractivity contribution < 1.29 is 18.6 Å². The van der Waals surface area contributed by atoms with Gasteiger partial charge < -0.3 is 18.6 Å². The van der Waals surface area contributed by atoms with E-state index in [0.717, 1.165) is 22.2 Å². The van der Waals surface area contributed by atoms with Crippen molar-refractivity contribution in [1.82, 2.24) is 4.98 Å². The summed E-state index contributed by atoms with van der Waals surface area (Å²) in [5, 5.41) is 0.665. The van der Waals surface area contributed by atoms with Crippen LogP contribution < -0.4 is 14.2 Å². The summed E-state index contributed by atoms with van der Waals surface area (Å²) in [6.07, 6.45) is 0. The van der Waals surface area contributed by atoms with Crippen LogP contribution in [-0.2, 0) is 0 Å². The molecule has 1 heterocycles. The number of para-hydroxylation sites is 1. The molecule has 0 unspecified atom stereocenters. The topological polar surface area (TPSA) is 53.7 Å². The molecule has 0 saturated carbocycles. The van der Waals surface area contributed by atoms with Crippen molar-refractivity contribution in [3.05, 3.63) is 59.6 Å². The molecule has 5 nitrogen and oxygen atoms in total. The van der Waals surface area contributed by atoms with Crippen molar-refractivity contribution in [3.8, 4) is 39.8 Å². The predicted octanol–water partition coefficient (Wildman–Crippen LogP) is 5.84. The Kier molecular flexibility index (Phi) is 4.84. The minimum Gasteiger partial charge on any atom is -0.493 e. The molecule has 0 bridgehead atoms. The number of nitrogens with zero attached hydrogens (tertiary/aromatic N) is 1. The van der Waals surface area contributed by atoms with Crippen LogP contribution in [0.25, 0.3) is 33.7 Å². The van der Waals surface area contributed by atoms with Gasteiger partial charge in [0.05, 0.1) is 21.3 Å². The molecule has 4 rings (SSSR count). The normalized spacial score (nSPS) is 10.9. The van der Waals surface area contributed by atoms with Crippen LogP contribution in [0.4, 0.5) is 0 Å². The summed E-state index contributed by atoms with van der Waals surface area (Å²) >= 11 is 5.98. The number of rotatable bonds is 5. The first-order valence-electron chi connectivity index (χ1n) is 8.60. The zero-order chi connectivity index (χ0) is 19.7. The van der Waals surface area contributed by atoms with Crippen LogP contribution in [0.5, 0.6) is 17.2 Å². The molecule has 0 aliphatic carbocycles. The van der Waals surface area contributed by atoms with E-state index < -0.39 is 0 Å². The molecule has 6 heteroatoms. The molecule has 4 aromatic rings. The first kappa shape index (κ1) is 18.2. The summed E-state index contributed by atoms with van der Waals surface area (Å²) in [6, 6.07) is 17.0. The lowest BCUT2D eigenvalue weighted by Crippen LogP contribution is -1.95. The maximum atomic E-state index is 6.12.